The van der Waals surface area contributed by atoms with Crippen molar-refractivity contribution in [2.24, 2.45) is 5.41 Å². The Morgan fingerprint density at radius 1 is 1.33 bits per heavy atom. The molecule has 0 saturated heterocycles. The van der Waals surface area contributed by atoms with E-state index in [0.717, 1.165) is 19.3 Å². The zero-order valence-electron chi connectivity index (χ0n) is 11.6. The molecule has 0 aromatic carbocycles. The first-order chi connectivity index (χ1) is 8.15. The van der Waals surface area contributed by atoms with Gasteiger partial charge >= 0.3 is 0 Å². The fraction of sp³-hybridized carbons (Fsp3) is 0.667. The summed E-state index contributed by atoms with van der Waals surface area (Å²) in [5, 5.41) is 0. The highest BCUT2D eigenvalue weighted by molar-refractivity contribution is 9.12. The Kier molecular flexibility index (Phi) is 5.43. The second-order valence-electron chi connectivity index (χ2n) is 6.02. The molecule has 0 bridgehead atoms. The molecule has 3 heteroatoms. The summed E-state index contributed by atoms with van der Waals surface area (Å²) in [6, 6.07) is 0. The Morgan fingerprint density at radius 2 is 1.94 bits per heavy atom. The molecule has 0 radical (unpaired) electrons. The summed E-state index contributed by atoms with van der Waals surface area (Å²) in [6.07, 6.45) is 9.03. The molecule has 1 nitrogen and oxygen atoms in total. The predicted molar refractivity (Wildman–Crippen MR) is 85.6 cm³/mol. The van der Waals surface area contributed by atoms with Gasteiger partial charge in [0.15, 0.2) is 5.78 Å². The molecule has 102 valence electrons. The third kappa shape index (κ3) is 4.34. The molecule has 0 fully saturated rings. The standard InChI is InChI=1S/C15H22Br2O/c1-11-5-6-12(16)15(4,17)13(18)8-10-14(2,3)9-7-11/h7-8,10,12H,5-6,9H2,1-4H3/b10-8-,11-7-. The lowest BCUT2D eigenvalue weighted by atomic mass is 9.87. The van der Waals surface area contributed by atoms with Gasteiger partial charge in [-0.15, -0.1) is 0 Å². The smallest absolute Gasteiger partial charge is 0.172 e. The van der Waals surface area contributed by atoms with E-state index in [1.54, 1.807) is 6.08 Å². The van der Waals surface area contributed by atoms with E-state index in [9.17, 15) is 4.79 Å². The Hall–Kier alpha value is 0.110. The number of hydrogen-bond donors (Lipinski definition) is 0. The molecule has 0 heterocycles. The fourth-order valence-electron chi connectivity index (χ4n) is 1.85. The fourth-order valence-corrected chi connectivity index (χ4v) is 2.67. The van der Waals surface area contributed by atoms with Gasteiger partial charge in [-0.25, -0.2) is 0 Å². The van der Waals surface area contributed by atoms with E-state index in [0.29, 0.717) is 0 Å². The number of alkyl halides is 2. The summed E-state index contributed by atoms with van der Waals surface area (Å²) in [6.45, 7) is 8.44. The lowest BCUT2D eigenvalue weighted by Gasteiger charge is -2.26. The second kappa shape index (κ2) is 6.04. The van der Waals surface area contributed by atoms with Gasteiger partial charge in [-0.3, -0.25) is 4.79 Å². The minimum Gasteiger partial charge on any atom is -0.293 e. The highest BCUT2D eigenvalue weighted by atomic mass is 79.9. The number of halogens is 2. The van der Waals surface area contributed by atoms with Gasteiger partial charge in [-0.2, -0.15) is 0 Å². The molecule has 2 atom stereocenters. The summed E-state index contributed by atoms with van der Waals surface area (Å²) in [5.74, 6) is 0.136. The number of rotatable bonds is 0. The van der Waals surface area contributed by atoms with E-state index in [4.69, 9.17) is 0 Å². The molecule has 0 aromatic rings. The van der Waals surface area contributed by atoms with Crippen molar-refractivity contribution in [2.45, 2.75) is 56.1 Å². The molecular weight excluding hydrogens is 356 g/mol. The molecule has 1 rings (SSSR count). The SMILES string of the molecule is C/C1=C/CC(C)(C)/C=C\C(=O)C(C)(Br)C(Br)CC1. The first-order valence-corrected chi connectivity index (χ1v) is 8.08. The Balaban J connectivity index is 3.05. The van der Waals surface area contributed by atoms with Crippen LogP contribution in [0.25, 0.3) is 0 Å². The number of carbonyl (C=O) groups is 1. The van der Waals surface area contributed by atoms with Crippen molar-refractivity contribution in [2.75, 3.05) is 0 Å². The highest BCUT2D eigenvalue weighted by Crippen LogP contribution is 2.35. The van der Waals surface area contributed by atoms with Crippen molar-refractivity contribution in [3.63, 3.8) is 0 Å². The molecule has 0 aliphatic heterocycles. The summed E-state index contributed by atoms with van der Waals surface area (Å²) < 4.78 is -0.524. The van der Waals surface area contributed by atoms with Crippen LogP contribution in [0.4, 0.5) is 0 Å². The first-order valence-electron chi connectivity index (χ1n) is 6.37. The van der Waals surface area contributed by atoms with Crippen molar-refractivity contribution in [1.82, 2.24) is 0 Å². The van der Waals surface area contributed by atoms with Crippen LogP contribution in [0.15, 0.2) is 23.8 Å². The van der Waals surface area contributed by atoms with Crippen LogP contribution in [-0.2, 0) is 4.79 Å². The topological polar surface area (TPSA) is 17.1 Å². The minimum absolute atomic E-state index is 0.0339. The molecule has 1 aliphatic rings. The third-order valence-corrected chi connectivity index (χ3v) is 6.46. The van der Waals surface area contributed by atoms with Crippen molar-refractivity contribution in [3.8, 4) is 0 Å². The normalized spacial score (nSPS) is 38.4. The summed E-state index contributed by atoms with van der Waals surface area (Å²) in [4.78, 5) is 12.4. The van der Waals surface area contributed by atoms with E-state index in [-0.39, 0.29) is 16.0 Å². The third-order valence-electron chi connectivity index (χ3n) is 3.52. The van der Waals surface area contributed by atoms with E-state index in [2.05, 4.69) is 58.7 Å². The highest BCUT2D eigenvalue weighted by Gasteiger charge is 2.35. The monoisotopic (exact) mass is 376 g/mol. The molecular formula is C15H22Br2O. The average molecular weight is 378 g/mol. The van der Waals surface area contributed by atoms with Gasteiger partial charge in [0.05, 0.1) is 4.32 Å². The molecule has 18 heavy (non-hydrogen) atoms. The van der Waals surface area contributed by atoms with Gasteiger partial charge in [0, 0.05) is 4.83 Å². The van der Waals surface area contributed by atoms with Crippen LogP contribution in [0, 0.1) is 5.41 Å². The lowest BCUT2D eigenvalue weighted by Crippen LogP contribution is -2.36. The molecule has 0 aromatic heterocycles. The van der Waals surface area contributed by atoms with E-state index >= 15 is 0 Å². The molecule has 2 unspecified atom stereocenters. The molecule has 0 spiro atoms. The maximum absolute atomic E-state index is 12.3. The Morgan fingerprint density at radius 3 is 2.56 bits per heavy atom. The Labute approximate surface area is 127 Å². The summed E-state index contributed by atoms with van der Waals surface area (Å²) in [5.41, 5.74) is 1.44. The van der Waals surface area contributed by atoms with Crippen LogP contribution < -0.4 is 0 Å². The number of allylic oxidation sites excluding steroid dienone is 4. The number of carbonyl (C=O) groups excluding carboxylic acids is 1. The molecule has 1 aliphatic carbocycles. The number of hydrogen-bond acceptors (Lipinski definition) is 1. The van der Waals surface area contributed by atoms with E-state index in [1.807, 2.05) is 13.0 Å². The van der Waals surface area contributed by atoms with Crippen molar-refractivity contribution < 1.29 is 4.79 Å². The quantitative estimate of drug-likeness (QED) is 0.419. The van der Waals surface area contributed by atoms with Gasteiger partial charge in [0.25, 0.3) is 0 Å². The van der Waals surface area contributed by atoms with Gasteiger partial charge < -0.3 is 0 Å². The lowest BCUT2D eigenvalue weighted by molar-refractivity contribution is -0.116. The van der Waals surface area contributed by atoms with Crippen molar-refractivity contribution in [3.05, 3.63) is 23.8 Å². The zero-order valence-corrected chi connectivity index (χ0v) is 14.8. The van der Waals surface area contributed by atoms with Crippen molar-refractivity contribution >= 4 is 37.6 Å². The summed E-state index contributed by atoms with van der Waals surface area (Å²) >= 11 is 7.23. The van der Waals surface area contributed by atoms with Crippen molar-refractivity contribution in [1.29, 1.82) is 0 Å². The minimum atomic E-state index is -0.524. The van der Waals surface area contributed by atoms with Crippen LogP contribution in [0.3, 0.4) is 0 Å². The molecule has 0 amide bonds. The molecule has 0 N–H and O–H groups in total. The van der Waals surface area contributed by atoms with Crippen LogP contribution in [-0.4, -0.2) is 14.9 Å². The largest absolute Gasteiger partial charge is 0.293 e. The van der Waals surface area contributed by atoms with Crippen LogP contribution in [0.1, 0.15) is 47.0 Å². The maximum atomic E-state index is 12.3. The van der Waals surface area contributed by atoms with Gasteiger partial charge in [-0.05, 0) is 44.6 Å². The maximum Gasteiger partial charge on any atom is 0.172 e. The molecule has 0 saturated carbocycles. The second-order valence-corrected chi connectivity index (χ2v) is 8.78. The van der Waals surface area contributed by atoms with Gasteiger partial charge in [-0.1, -0.05) is 63.4 Å². The van der Waals surface area contributed by atoms with Crippen LogP contribution in [0.2, 0.25) is 0 Å². The summed E-state index contributed by atoms with van der Waals surface area (Å²) in [7, 11) is 0. The van der Waals surface area contributed by atoms with Crippen LogP contribution >= 0.6 is 31.9 Å². The van der Waals surface area contributed by atoms with Gasteiger partial charge in [0.1, 0.15) is 0 Å². The van der Waals surface area contributed by atoms with E-state index in [1.165, 1.54) is 5.57 Å². The van der Waals surface area contributed by atoms with Gasteiger partial charge in [0.2, 0.25) is 0 Å². The first kappa shape index (κ1) is 16.2. The van der Waals surface area contributed by atoms with Crippen LogP contribution in [0.5, 0.6) is 0 Å². The average Bonchev–Trinajstić information content (AvgIpc) is 2.30. The zero-order chi connectivity index (χ0) is 14.0. The van der Waals surface area contributed by atoms with E-state index < -0.39 is 4.32 Å². The Bertz CT molecular complexity index is 378. The number of ketones is 1. The predicted octanol–water partition coefficient (Wildman–Crippen LogP) is 5.19.